The number of carbonyl (C=O) groups is 2. The number of aryl methyl sites for hydroxylation is 1. The van der Waals surface area contributed by atoms with Crippen LogP contribution in [0.3, 0.4) is 0 Å². The molecule has 0 bridgehead atoms. The zero-order valence-electron chi connectivity index (χ0n) is 13.1. The van der Waals surface area contributed by atoms with E-state index < -0.39 is 0 Å². The number of anilines is 2. The van der Waals surface area contributed by atoms with Crippen LogP contribution in [-0.2, 0) is 9.59 Å². The van der Waals surface area contributed by atoms with E-state index in [9.17, 15) is 9.59 Å². The largest absolute Gasteiger partial charge is 0.325 e. The van der Waals surface area contributed by atoms with Crippen LogP contribution in [0.4, 0.5) is 10.8 Å². The molecule has 0 saturated carbocycles. The number of aromatic nitrogens is 2. The van der Waals surface area contributed by atoms with Crippen molar-refractivity contribution in [3.05, 3.63) is 29.8 Å². The molecule has 23 heavy (non-hydrogen) atoms. The Morgan fingerprint density at radius 3 is 2.52 bits per heavy atom. The molecule has 8 heteroatoms. The van der Waals surface area contributed by atoms with E-state index in [1.165, 1.54) is 30.0 Å². The minimum atomic E-state index is -0.269. The summed E-state index contributed by atoms with van der Waals surface area (Å²) in [5.74, 6) is -0.264. The molecule has 2 N–H and O–H groups in total. The number of hydrogen-bond donors (Lipinski definition) is 2. The fourth-order valence-corrected chi connectivity index (χ4v) is 3.73. The maximum Gasteiger partial charge on any atom is 0.237 e. The molecule has 0 spiro atoms. The number of hydrogen-bond acceptors (Lipinski definition) is 6. The molecule has 2 amide bonds. The van der Waals surface area contributed by atoms with Gasteiger partial charge in [0.05, 0.1) is 5.25 Å². The van der Waals surface area contributed by atoms with Gasteiger partial charge in [0.25, 0.3) is 0 Å². The summed E-state index contributed by atoms with van der Waals surface area (Å²) < 4.78 is 0.652. The first-order chi connectivity index (χ1) is 11.0. The van der Waals surface area contributed by atoms with E-state index in [-0.39, 0.29) is 17.1 Å². The maximum atomic E-state index is 12.4. The summed E-state index contributed by atoms with van der Waals surface area (Å²) in [5, 5.41) is 13.5. The van der Waals surface area contributed by atoms with Crippen molar-refractivity contribution in [3.63, 3.8) is 0 Å². The molecule has 1 unspecified atom stereocenters. The minimum absolute atomic E-state index is 0.0716. The monoisotopic (exact) mass is 350 g/mol. The van der Waals surface area contributed by atoms with Crippen LogP contribution in [-0.4, -0.2) is 27.3 Å². The molecule has 0 aliphatic heterocycles. The van der Waals surface area contributed by atoms with Gasteiger partial charge in [-0.3, -0.25) is 9.59 Å². The highest BCUT2D eigenvalue weighted by atomic mass is 32.2. The third-order valence-corrected chi connectivity index (χ3v) is 5.20. The van der Waals surface area contributed by atoms with E-state index in [0.29, 0.717) is 15.9 Å². The summed E-state index contributed by atoms with van der Waals surface area (Å²) in [4.78, 5) is 23.4. The Balaban J connectivity index is 1.98. The first-order valence-corrected chi connectivity index (χ1v) is 8.83. The van der Waals surface area contributed by atoms with Gasteiger partial charge in [-0.15, -0.1) is 10.2 Å². The summed E-state index contributed by atoms with van der Waals surface area (Å²) in [6.07, 6.45) is 0.664. The Kier molecular flexibility index (Phi) is 6.12. The number of benzene rings is 1. The molecular formula is C15H18N4O2S2. The number of carbonyl (C=O) groups excluding carboxylic acids is 2. The third kappa shape index (κ3) is 5.33. The second-order valence-electron chi connectivity index (χ2n) is 4.92. The Hall–Kier alpha value is -1.93. The van der Waals surface area contributed by atoms with E-state index in [2.05, 4.69) is 20.8 Å². The van der Waals surface area contributed by atoms with E-state index in [4.69, 9.17) is 0 Å². The van der Waals surface area contributed by atoms with Gasteiger partial charge in [0.15, 0.2) is 4.34 Å². The quantitative estimate of drug-likeness (QED) is 0.617. The van der Waals surface area contributed by atoms with Crippen molar-refractivity contribution in [1.82, 2.24) is 10.2 Å². The van der Waals surface area contributed by atoms with Gasteiger partial charge < -0.3 is 10.6 Å². The molecule has 1 heterocycles. The summed E-state index contributed by atoms with van der Waals surface area (Å²) in [5.41, 5.74) is 1.92. The van der Waals surface area contributed by atoms with Crippen molar-refractivity contribution in [3.8, 4) is 0 Å². The van der Waals surface area contributed by atoms with Crippen LogP contribution >= 0.6 is 23.1 Å². The van der Waals surface area contributed by atoms with Gasteiger partial charge >= 0.3 is 0 Å². The van der Waals surface area contributed by atoms with E-state index in [1.807, 2.05) is 38.1 Å². The van der Waals surface area contributed by atoms with Gasteiger partial charge in [-0.05, 0) is 25.5 Å². The van der Waals surface area contributed by atoms with Gasteiger partial charge in [0.2, 0.25) is 16.9 Å². The van der Waals surface area contributed by atoms with Crippen molar-refractivity contribution in [2.45, 2.75) is 36.8 Å². The number of amides is 2. The summed E-state index contributed by atoms with van der Waals surface area (Å²) in [6.45, 7) is 5.36. The second-order valence-corrected chi connectivity index (χ2v) is 7.35. The Morgan fingerprint density at radius 2 is 1.91 bits per heavy atom. The molecule has 1 aromatic carbocycles. The highest BCUT2D eigenvalue weighted by Crippen LogP contribution is 2.31. The van der Waals surface area contributed by atoms with Gasteiger partial charge in [-0.2, -0.15) is 0 Å². The van der Waals surface area contributed by atoms with Gasteiger partial charge in [-0.1, -0.05) is 47.7 Å². The maximum absolute atomic E-state index is 12.4. The lowest BCUT2D eigenvalue weighted by Crippen LogP contribution is -2.24. The van der Waals surface area contributed by atoms with E-state index in [0.717, 1.165) is 11.3 Å². The van der Waals surface area contributed by atoms with Crippen LogP contribution in [0.15, 0.2) is 28.6 Å². The minimum Gasteiger partial charge on any atom is -0.325 e. The van der Waals surface area contributed by atoms with Gasteiger partial charge in [0.1, 0.15) is 0 Å². The predicted octanol–water partition coefficient (Wildman–Crippen LogP) is 3.31. The number of rotatable bonds is 6. The number of nitrogens with one attached hydrogen (secondary N) is 2. The van der Waals surface area contributed by atoms with Crippen molar-refractivity contribution in [2.75, 3.05) is 10.6 Å². The molecule has 6 nitrogen and oxygen atoms in total. The Morgan fingerprint density at radius 1 is 1.22 bits per heavy atom. The van der Waals surface area contributed by atoms with E-state index in [1.54, 1.807) is 0 Å². The summed E-state index contributed by atoms with van der Waals surface area (Å²) >= 11 is 2.61. The highest BCUT2D eigenvalue weighted by Gasteiger charge is 2.20. The van der Waals surface area contributed by atoms with Crippen LogP contribution in [0.1, 0.15) is 25.8 Å². The van der Waals surface area contributed by atoms with Crippen molar-refractivity contribution >= 4 is 45.7 Å². The smallest absolute Gasteiger partial charge is 0.237 e. The topological polar surface area (TPSA) is 84.0 Å². The fourth-order valence-electron chi connectivity index (χ4n) is 1.76. The van der Waals surface area contributed by atoms with Crippen LogP contribution < -0.4 is 10.6 Å². The zero-order valence-corrected chi connectivity index (χ0v) is 14.8. The van der Waals surface area contributed by atoms with Crippen molar-refractivity contribution in [1.29, 1.82) is 0 Å². The average molecular weight is 350 g/mol. The number of nitrogens with zero attached hydrogens (tertiary/aromatic N) is 2. The fraction of sp³-hybridized carbons (Fsp3) is 0.333. The lowest BCUT2D eigenvalue weighted by atomic mass is 10.2. The third-order valence-electron chi connectivity index (χ3n) is 2.91. The molecule has 1 atom stereocenters. The number of thioether (sulfide) groups is 1. The molecule has 0 aliphatic rings. The second kappa shape index (κ2) is 8.07. The van der Waals surface area contributed by atoms with Crippen LogP contribution in [0.2, 0.25) is 0 Å². The Labute approximate surface area is 143 Å². The Bertz CT molecular complexity index is 685. The zero-order chi connectivity index (χ0) is 16.8. The highest BCUT2D eigenvalue weighted by molar-refractivity contribution is 8.02. The molecule has 0 aliphatic carbocycles. The molecular weight excluding hydrogens is 332 g/mol. The lowest BCUT2D eigenvalue weighted by molar-refractivity contribution is -0.116. The molecule has 2 rings (SSSR count). The lowest BCUT2D eigenvalue weighted by Gasteiger charge is -2.13. The van der Waals surface area contributed by atoms with E-state index >= 15 is 0 Å². The first kappa shape index (κ1) is 17.4. The van der Waals surface area contributed by atoms with Crippen LogP contribution in [0.5, 0.6) is 0 Å². The molecule has 0 radical (unpaired) electrons. The normalized spacial score (nSPS) is 11.8. The van der Waals surface area contributed by atoms with Crippen molar-refractivity contribution in [2.24, 2.45) is 0 Å². The average Bonchev–Trinajstić information content (AvgIpc) is 2.93. The first-order valence-electron chi connectivity index (χ1n) is 7.13. The van der Waals surface area contributed by atoms with Crippen molar-refractivity contribution < 1.29 is 9.59 Å². The summed E-state index contributed by atoms with van der Waals surface area (Å²) in [6, 6.07) is 7.66. The molecule has 2 aromatic rings. The standard InChI is InChI=1S/C15H18N4O2S2/c1-4-12(13(21)17-11-7-5-9(2)6-8-11)22-15-19-18-14(23-15)16-10(3)20/h5-8,12H,4H2,1-3H3,(H,17,21)(H,16,18,20). The molecule has 0 fully saturated rings. The van der Waals surface area contributed by atoms with Crippen LogP contribution in [0, 0.1) is 6.92 Å². The molecule has 0 saturated heterocycles. The molecule has 1 aromatic heterocycles. The molecule has 122 valence electrons. The van der Waals surface area contributed by atoms with Gasteiger partial charge in [-0.25, -0.2) is 0 Å². The van der Waals surface area contributed by atoms with Gasteiger partial charge in [0, 0.05) is 12.6 Å². The summed E-state index contributed by atoms with van der Waals surface area (Å²) in [7, 11) is 0. The predicted molar refractivity (Wildman–Crippen MR) is 94.0 cm³/mol. The van der Waals surface area contributed by atoms with Crippen LogP contribution in [0.25, 0.3) is 0 Å². The SMILES string of the molecule is CCC(Sc1nnc(NC(C)=O)s1)C(=O)Nc1ccc(C)cc1.